The van der Waals surface area contributed by atoms with Crippen LogP contribution in [0.4, 0.5) is 0 Å². The Kier molecular flexibility index (Phi) is 4.96. The lowest BCUT2D eigenvalue weighted by Crippen LogP contribution is -2.50. The Labute approximate surface area is 142 Å². The van der Waals surface area contributed by atoms with Gasteiger partial charge in [-0.25, -0.2) is 4.98 Å². The van der Waals surface area contributed by atoms with Gasteiger partial charge in [-0.2, -0.15) is 0 Å². The van der Waals surface area contributed by atoms with E-state index >= 15 is 0 Å². The number of carbonyl (C=O) groups is 2. The molecule has 1 aliphatic heterocycles. The molecule has 2 aromatic heterocycles. The average molecular weight is 350 g/mol. The largest absolute Gasteiger partial charge is 0.481 e. The second-order valence-corrected chi connectivity index (χ2v) is 6.54. The Hall–Kier alpha value is -2.19. The Bertz CT molecular complexity index is 725. The molecule has 1 atom stereocenters. The van der Waals surface area contributed by atoms with Gasteiger partial charge in [-0.3, -0.25) is 9.59 Å². The van der Waals surface area contributed by atoms with Crippen molar-refractivity contribution in [3.05, 3.63) is 29.0 Å². The molecule has 1 N–H and O–H groups in total. The maximum atomic E-state index is 12.6. The van der Waals surface area contributed by atoms with Crippen LogP contribution < -0.4 is 0 Å². The minimum Gasteiger partial charge on any atom is -0.481 e. The second kappa shape index (κ2) is 7.14. The molecule has 0 spiro atoms. The molecule has 0 bridgehead atoms. The van der Waals surface area contributed by atoms with Crippen LogP contribution in [0, 0.1) is 6.92 Å². The van der Waals surface area contributed by atoms with Gasteiger partial charge in [0.05, 0.1) is 42.7 Å². The van der Waals surface area contributed by atoms with Gasteiger partial charge in [0, 0.05) is 6.54 Å². The van der Waals surface area contributed by atoms with Gasteiger partial charge in [0.15, 0.2) is 0 Å². The summed E-state index contributed by atoms with van der Waals surface area (Å²) in [5, 5.41) is 10.9. The highest BCUT2D eigenvalue weighted by Gasteiger charge is 2.30. The molecule has 0 aliphatic carbocycles. The monoisotopic (exact) mass is 350 g/mol. The molecule has 3 heterocycles. The predicted octanol–water partition coefficient (Wildman–Crippen LogP) is 1.96. The maximum Gasteiger partial charge on any atom is 0.305 e. The minimum atomic E-state index is -0.944. The van der Waals surface area contributed by atoms with Crippen molar-refractivity contribution < 1.29 is 23.8 Å². The highest BCUT2D eigenvalue weighted by molar-refractivity contribution is 7.13. The van der Waals surface area contributed by atoms with Gasteiger partial charge in [0.2, 0.25) is 11.8 Å². The van der Waals surface area contributed by atoms with Crippen LogP contribution in [0.3, 0.4) is 0 Å². The van der Waals surface area contributed by atoms with Gasteiger partial charge in [-0.1, -0.05) is 6.07 Å². The van der Waals surface area contributed by atoms with E-state index in [0.717, 1.165) is 4.88 Å². The summed E-state index contributed by atoms with van der Waals surface area (Å²) < 4.78 is 10.9. The standard InChI is InChI=1S/C16H18N2O5S/c1-10-12(17-16(23-10)13-3-2-6-24-13)8-14(19)18-4-5-22-9-11(18)7-15(20)21/h2-3,6,11H,4-5,7-9H2,1H3,(H,20,21). The van der Waals surface area contributed by atoms with Crippen LogP contribution >= 0.6 is 11.3 Å². The van der Waals surface area contributed by atoms with Crippen LogP contribution in [0.1, 0.15) is 17.9 Å². The van der Waals surface area contributed by atoms with E-state index in [1.165, 1.54) is 11.3 Å². The summed E-state index contributed by atoms with van der Waals surface area (Å²) in [7, 11) is 0. The van der Waals surface area contributed by atoms with Crippen molar-refractivity contribution in [1.29, 1.82) is 0 Å². The smallest absolute Gasteiger partial charge is 0.305 e. The van der Waals surface area contributed by atoms with E-state index in [1.54, 1.807) is 11.8 Å². The second-order valence-electron chi connectivity index (χ2n) is 5.59. The Balaban J connectivity index is 1.73. The lowest BCUT2D eigenvalue weighted by Gasteiger charge is -2.34. The summed E-state index contributed by atoms with van der Waals surface area (Å²) in [4.78, 5) is 30.5. The third-order valence-corrected chi connectivity index (χ3v) is 4.76. The van der Waals surface area contributed by atoms with Crippen molar-refractivity contribution >= 4 is 23.2 Å². The van der Waals surface area contributed by atoms with Gasteiger partial charge in [-0.15, -0.1) is 11.3 Å². The molecule has 1 fully saturated rings. The van der Waals surface area contributed by atoms with Crippen molar-refractivity contribution in [2.75, 3.05) is 19.8 Å². The van der Waals surface area contributed by atoms with Gasteiger partial charge in [-0.05, 0) is 18.4 Å². The molecular weight excluding hydrogens is 332 g/mol. The van der Waals surface area contributed by atoms with Crippen molar-refractivity contribution in [3.8, 4) is 10.8 Å². The number of morpholine rings is 1. The molecule has 0 radical (unpaired) electrons. The Morgan fingerprint density at radius 3 is 3.04 bits per heavy atom. The number of amides is 1. The van der Waals surface area contributed by atoms with E-state index in [1.807, 2.05) is 17.5 Å². The number of carboxylic acid groups (broad SMARTS) is 1. The number of nitrogens with zero attached hydrogens (tertiary/aromatic N) is 2. The lowest BCUT2D eigenvalue weighted by atomic mass is 10.1. The number of carboxylic acids is 1. The number of hydrogen-bond donors (Lipinski definition) is 1. The van der Waals surface area contributed by atoms with E-state index in [4.69, 9.17) is 14.3 Å². The van der Waals surface area contributed by atoms with E-state index in [0.29, 0.717) is 30.5 Å². The van der Waals surface area contributed by atoms with Crippen molar-refractivity contribution in [3.63, 3.8) is 0 Å². The Morgan fingerprint density at radius 1 is 1.50 bits per heavy atom. The first-order chi connectivity index (χ1) is 11.5. The summed E-state index contributed by atoms with van der Waals surface area (Å²) in [6.07, 6.45) is -0.0270. The summed E-state index contributed by atoms with van der Waals surface area (Å²) >= 11 is 1.52. The molecule has 7 nitrogen and oxygen atoms in total. The zero-order chi connectivity index (χ0) is 17.1. The molecule has 1 saturated heterocycles. The first kappa shape index (κ1) is 16.7. The van der Waals surface area contributed by atoms with Gasteiger partial charge >= 0.3 is 5.97 Å². The van der Waals surface area contributed by atoms with E-state index < -0.39 is 12.0 Å². The zero-order valence-electron chi connectivity index (χ0n) is 13.2. The fraction of sp³-hybridized carbons (Fsp3) is 0.438. The summed E-state index contributed by atoms with van der Waals surface area (Å²) in [5.74, 6) is 0.0173. The molecule has 8 heteroatoms. The van der Waals surface area contributed by atoms with Gasteiger partial charge < -0.3 is 19.2 Å². The van der Waals surface area contributed by atoms with Crippen LogP contribution in [-0.2, 0) is 20.7 Å². The number of ether oxygens (including phenoxy) is 1. The van der Waals surface area contributed by atoms with Crippen LogP contribution in [0.15, 0.2) is 21.9 Å². The number of aryl methyl sites for hydroxylation is 1. The normalized spacial score (nSPS) is 17.9. The molecule has 2 aromatic rings. The number of rotatable bonds is 5. The molecule has 1 aliphatic rings. The Morgan fingerprint density at radius 2 is 2.33 bits per heavy atom. The topological polar surface area (TPSA) is 92.9 Å². The minimum absolute atomic E-state index is 0.0941. The fourth-order valence-corrected chi connectivity index (χ4v) is 3.35. The van der Waals surface area contributed by atoms with E-state index in [2.05, 4.69) is 4.98 Å². The number of aromatic nitrogens is 1. The number of hydrogen-bond acceptors (Lipinski definition) is 6. The van der Waals surface area contributed by atoms with Gasteiger partial charge in [0.25, 0.3) is 0 Å². The SMILES string of the molecule is Cc1oc(-c2cccs2)nc1CC(=O)N1CCOCC1CC(=O)O. The highest BCUT2D eigenvalue weighted by atomic mass is 32.1. The molecule has 128 valence electrons. The summed E-state index contributed by atoms with van der Waals surface area (Å²) in [6.45, 7) is 2.84. The number of oxazole rings is 1. The number of aliphatic carboxylic acids is 1. The van der Waals surface area contributed by atoms with Crippen LogP contribution in [0.5, 0.6) is 0 Å². The molecule has 0 aromatic carbocycles. The van der Waals surface area contributed by atoms with E-state index in [-0.39, 0.29) is 25.4 Å². The average Bonchev–Trinajstić information content (AvgIpc) is 3.17. The third-order valence-electron chi connectivity index (χ3n) is 3.90. The zero-order valence-corrected chi connectivity index (χ0v) is 14.0. The quantitative estimate of drug-likeness (QED) is 0.886. The van der Waals surface area contributed by atoms with E-state index in [9.17, 15) is 9.59 Å². The fourth-order valence-electron chi connectivity index (χ4n) is 2.70. The molecular formula is C16H18N2O5S. The highest BCUT2D eigenvalue weighted by Crippen LogP contribution is 2.26. The summed E-state index contributed by atoms with van der Waals surface area (Å²) in [5.41, 5.74) is 0.587. The van der Waals surface area contributed by atoms with Crippen molar-refractivity contribution in [2.45, 2.75) is 25.8 Å². The van der Waals surface area contributed by atoms with Crippen LogP contribution in [0.25, 0.3) is 10.8 Å². The maximum absolute atomic E-state index is 12.6. The van der Waals surface area contributed by atoms with Crippen LogP contribution in [0.2, 0.25) is 0 Å². The van der Waals surface area contributed by atoms with Gasteiger partial charge in [0.1, 0.15) is 5.76 Å². The molecule has 0 saturated carbocycles. The molecule has 1 amide bonds. The number of carbonyl (C=O) groups excluding carboxylic acids is 1. The van der Waals surface area contributed by atoms with Crippen molar-refractivity contribution in [1.82, 2.24) is 9.88 Å². The summed E-state index contributed by atoms with van der Waals surface area (Å²) in [6, 6.07) is 3.38. The lowest BCUT2D eigenvalue weighted by molar-refractivity contribution is -0.145. The third kappa shape index (κ3) is 3.65. The molecule has 3 rings (SSSR count). The van der Waals surface area contributed by atoms with Crippen LogP contribution in [-0.4, -0.2) is 52.7 Å². The first-order valence-corrected chi connectivity index (χ1v) is 8.51. The first-order valence-electron chi connectivity index (χ1n) is 7.64. The predicted molar refractivity (Wildman–Crippen MR) is 86.8 cm³/mol. The van der Waals surface area contributed by atoms with Crippen molar-refractivity contribution in [2.24, 2.45) is 0 Å². The molecule has 24 heavy (non-hydrogen) atoms. The number of thiophene rings is 1. The molecule has 1 unspecified atom stereocenters.